The molecule has 0 N–H and O–H groups in total. The largest absolute Gasteiger partial charge is 0.317 e. The van der Waals surface area contributed by atoms with Crippen molar-refractivity contribution in [2.75, 3.05) is 0 Å². The van der Waals surface area contributed by atoms with Gasteiger partial charge in [-0.3, -0.25) is 4.79 Å². The molecule has 0 aliphatic rings. The van der Waals surface area contributed by atoms with Crippen LogP contribution in [0.5, 0.6) is 0 Å². The van der Waals surface area contributed by atoms with Crippen LogP contribution in [0.4, 0.5) is 4.39 Å². The van der Waals surface area contributed by atoms with Crippen LogP contribution in [0.2, 0.25) is 0 Å². The Morgan fingerprint density at radius 3 is 2.44 bits per heavy atom. The number of aromatic nitrogens is 1. The van der Waals surface area contributed by atoms with Crippen molar-refractivity contribution in [1.82, 2.24) is 4.57 Å². The Morgan fingerprint density at radius 2 is 1.89 bits per heavy atom. The van der Waals surface area contributed by atoms with E-state index in [2.05, 4.69) is 0 Å². The zero-order valence-electron chi connectivity index (χ0n) is 10.1. The summed E-state index contributed by atoms with van der Waals surface area (Å²) in [6, 6.07) is 7.69. The zero-order chi connectivity index (χ0) is 13.3. The first kappa shape index (κ1) is 12.1. The normalized spacial score (nSPS) is 10.1. The van der Waals surface area contributed by atoms with Gasteiger partial charge in [0.25, 0.3) is 5.56 Å². The maximum Gasteiger partial charge on any atom is 0.268 e. The van der Waals surface area contributed by atoms with Gasteiger partial charge in [-0.2, -0.15) is 5.26 Å². The van der Waals surface area contributed by atoms with Gasteiger partial charge in [-0.05, 0) is 30.2 Å². The number of nitriles is 1. The van der Waals surface area contributed by atoms with Gasteiger partial charge in [0.1, 0.15) is 17.4 Å². The van der Waals surface area contributed by atoms with E-state index in [4.69, 9.17) is 5.26 Å². The van der Waals surface area contributed by atoms with Crippen LogP contribution < -0.4 is 5.56 Å². The number of halogens is 1. The molecule has 0 amide bonds. The maximum atomic E-state index is 12.9. The van der Waals surface area contributed by atoms with Crippen molar-refractivity contribution in [3.05, 3.63) is 57.8 Å². The molecule has 0 aliphatic carbocycles. The molecule has 0 bridgehead atoms. The van der Waals surface area contributed by atoms with Gasteiger partial charge in [0, 0.05) is 18.8 Å². The molecule has 2 aromatic rings. The molecule has 1 aromatic carbocycles. The van der Waals surface area contributed by atoms with Gasteiger partial charge in [-0.25, -0.2) is 4.39 Å². The molecule has 0 saturated carbocycles. The molecule has 0 atom stereocenters. The lowest BCUT2D eigenvalue weighted by Crippen LogP contribution is -2.20. The average molecular weight is 242 g/mol. The summed E-state index contributed by atoms with van der Waals surface area (Å²) in [6.07, 6.45) is 1.67. The molecule has 18 heavy (non-hydrogen) atoms. The van der Waals surface area contributed by atoms with Crippen molar-refractivity contribution in [3.8, 4) is 17.2 Å². The van der Waals surface area contributed by atoms with E-state index < -0.39 is 0 Å². The first-order valence-electron chi connectivity index (χ1n) is 5.41. The van der Waals surface area contributed by atoms with Gasteiger partial charge in [0.05, 0.1) is 0 Å². The van der Waals surface area contributed by atoms with Gasteiger partial charge in [-0.1, -0.05) is 12.1 Å². The monoisotopic (exact) mass is 242 g/mol. The Bertz CT molecular complexity index is 693. The van der Waals surface area contributed by atoms with Gasteiger partial charge < -0.3 is 4.57 Å². The van der Waals surface area contributed by atoms with Crippen LogP contribution in [-0.4, -0.2) is 4.57 Å². The summed E-state index contributed by atoms with van der Waals surface area (Å²) < 4.78 is 14.3. The third kappa shape index (κ3) is 1.91. The van der Waals surface area contributed by atoms with Crippen LogP contribution in [0.3, 0.4) is 0 Å². The standard InChI is InChI=1S/C14H11FN2O/c1-9-8-17(2)14(18)12(7-16)13(9)10-3-5-11(15)6-4-10/h3-6,8H,1-2H3. The van der Waals surface area contributed by atoms with E-state index in [0.29, 0.717) is 11.1 Å². The van der Waals surface area contributed by atoms with Crippen molar-refractivity contribution in [1.29, 1.82) is 5.26 Å². The van der Waals surface area contributed by atoms with E-state index in [1.54, 1.807) is 25.4 Å². The van der Waals surface area contributed by atoms with Gasteiger partial charge in [-0.15, -0.1) is 0 Å². The molecule has 4 heteroatoms. The third-order valence-electron chi connectivity index (χ3n) is 2.81. The smallest absolute Gasteiger partial charge is 0.268 e. The molecule has 0 unspecified atom stereocenters. The highest BCUT2D eigenvalue weighted by molar-refractivity contribution is 5.72. The number of hydrogen-bond donors (Lipinski definition) is 0. The molecule has 0 radical (unpaired) electrons. The molecule has 0 spiro atoms. The number of rotatable bonds is 1. The lowest BCUT2D eigenvalue weighted by Gasteiger charge is -2.10. The Hall–Kier alpha value is -2.41. The van der Waals surface area contributed by atoms with E-state index in [9.17, 15) is 9.18 Å². The zero-order valence-corrected chi connectivity index (χ0v) is 10.1. The second kappa shape index (κ2) is 4.46. The first-order valence-corrected chi connectivity index (χ1v) is 5.41. The topological polar surface area (TPSA) is 45.8 Å². The van der Waals surface area contributed by atoms with Gasteiger partial charge in [0.15, 0.2) is 0 Å². The van der Waals surface area contributed by atoms with Crippen LogP contribution in [0.25, 0.3) is 11.1 Å². The maximum absolute atomic E-state index is 12.9. The minimum absolute atomic E-state index is 0.0871. The summed E-state index contributed by atoms with van der Waals surface area (Å²) in [7, 11) is 1.60. The number of aryl methyl sites for hydroxylation is 2. The highest BCUT2D eigenvalue weighted by atomic mass is 19.1. The van der Waals surface area contributed by atoms with E-state index in [0.717, 1.165) is 5.56 Å². The Kier molecular flexibility index (Phi) is 2.99. The molecule has 1 aromatic heterocycles. The second-order valence-electron chi connectivity index (χ2n) is 4.10. The van der Waals surface area contributed by atoms with E-state index in [1.165, 1.54) is 16.7 Å². The summed E-state index contributed by atoms with van der Waals surface area (Å²) in [4.78, 5) is 11.9. The summed E-state index contributed by atoms with van der Waals surface area (Å²) >= 11 is 0. The minimum Gasteiger partial charge on any atom is -0.317 e. The molecule has 0 aliphatic heterocycles. The second-order valence-corrected chi connectivity index (χ2v) is 4.10. The molecule has 0 fully saturated rings. The Morgan fingerprint density at radius 1 is 1.28 bits per heavy atom. The highest BCUT2D eigenvalue weighted by Gasteiger charge is 2.13. The number of hydrogen-bond acceptors (Lipinski definition) is 2. The fourth-order valence-electron chi connectivity index (χ4n) is 1.99. The molecule has 90 valence electrons. The van der Waals surface area contributed by atoms with E-state index >= 15 is 0 Å². The van der Waals surface area contributed by atoms with Gasteiger partial charge in [0.2, 0.25) is 0 Å². The van der Waals surface area contributed by atoms with Gasteiger partial charge >= 0.3 is 0 Å². The van der Waals surface area contributed by atoms with E-state index in [1.807, 2.05) is 13.0 Å². The molecular weight excluding hydrogens is 231 g/mol. The fourth-order valence-corrected chi connectivity index (χ4v) is 1.99. The fraction of sp³-hybridized carbons (Fsp3) is 0.143. The van der Waals surface area contributed by atoms with Crippen molar-refractivity contribution in [3.63, 3.8) is 0 Å². The highest BCUT2D eigenvalue weighted by Crippen LogP contribution is 2.25. The Labute approximate surface area is 104 Å². The predicted molar refractivity (Wildman–Crippen MR) is 66.5 cm³/mol. The number of nitrogens with zero attached hydrogens (tertiary/aromatic N) is 2. The first-order chi connectivity index (χ1) is 8.54. The quantitative estimate of drug-likeness (QED) is 0.770. The summed E-state index contributed by atoms with van der Waals surface area (Å²) in [6.45, 7) is 1.82. The van der Waals surface area contributed by atoms with Crippen LogP contribution >= 0.6 is 0 Å². The molecule has 3 nitrogen and oxygen atoms in total. The lowest BCUT2D eigenvalue weighted by molar-refractivity contribution is 0.628. The molecule has 1 heterocycles. The van der Waals surface area contributed by atoms with Crippen LogP contribution in [-0.2, 0) is 7.05 Å². The molecule has 2 rings (SSSR count). The van der Waals surface area contributed by atoms with Crippen LogP contribution in [0.1, 0.15) is 11.1 Å². The van der Waals surface area contributed by atoms with Crippen LogP contribution in [0, 0.1) is 24.1 Å². The SMILES string of the molecule is Cc1cn(C)c(=O)c(C#N)c1-c1ccc(F)cc1. The minimum atomic E-state index is -0.348. The van der Waals surface area contributed by atoms with Crippen LogP contribution in [0.15, 0.2) is 35.3 Å². The van der Waals surface area contributed by atoms with Crippen molar-refractivity contribution in [2.45, 2.75) is 6.92 Å². The van der Waals surface area contributed by atoms with E-state index in [-0.39, 0.29) is 16.9 Å². The molecule has 0 saturated heterocycles. The predicted octanol–water partition coefficient (Wildman–Crippen LogP) is 2.37. The van der Waals surface area contributed by atoms with Crippen molar-refractivity contribution in [2.24, 2.45) is 7.05 Å². The summed E-state index contributed by atoms with van der Waals surface area (Å²) in [5.41, 5.74) is 1.79. The lowest BCUT2D eigenvalue weighted by atomic mass is 9.97. The Balaban J connectivity index is 2.79. The number of pyridine rings is 1. The number of benzene rings is 1. The van der Waals surface area contributed by atoms with Crippen molar-refractivity contribution >= 4 is 0 Å². The third-order valence-corrected chi connectivity index (χ3v) is 2.81. The average Bonchev–Trinajstić information content (AvgIpc) is 2.35. The molecular formula is C14H11FN2O. The van der Waals surface area contributed by atoms with Crippen molar-refractivity contribution < 1.29 is 4.39 Å². The summed E-state index contributed by atoms with van der Waals surface area (Å²) in [5, 5.41) is 9.13. The summed E-state index contributed by atoms with van der Waals surface area (Å²) in [5.74, 6) is -0.348.